The summed E-state index contributed by atoms with van der Waals surface area (Å²) in [6.07, 6.45) is 1.76. The van der Waals surface area contributed by atoms with E-state index < -0.39 is 0 Å². The van der Waals surface area contributed by atoms with E-state index in [0.717, 1.165) is 18.0 Å². The predicted molar refractivity (Wildman–Crippen MR) is 82.3 cm³/mol. The Hall–Kier alpha value is -0.600. The molecule has 1 N–H and O–H groups in total. The van der Waals surface area contributed by atoms with Gasteiger partial charge < -0.3 is 10.1 Å². The summed E-state index contributed by atoms with van der Waals surface area (Å²) in [7, 11) is 3.63. The number of aryl methyl sites for hydroxylation is 1. The molecule has 6 heteroatoms. The molecular formula is C12H16IN3OS. The van der Waals surface area contributed by atoms with Crippen LogP contribution in [-0.4, -0.2) is 23.4 Å². The number of nitrogens with one attached hydrogen (secondary N) is 1. The van der Waals surface area contributed by atoms with Crippen molar-refractivity contribution in [1.82, 2.24) is 15.1 Å². The maximum atomic E-state index is 5.40. The average Bonchev–Trinajstić information content (AvgIpc) is 2.93. The van der Waals surface area contributed by atoms with Crippen LogP contribution in [0.15, 0.2) is 17.6 Å². The third kappa shape index (κ3) is 2.70. The summed E-state index contributed by atoms with van der Waals surface area (Å²) in [4.78, 5) is 0. The smallest absolute Gasteiger partial charge is 0.161 e. The van der Waals surface area contributed by atoms with Crippen LogP contribution in [0.2, 0.25) is 0 Å². The molecule has 1 atom stereocenters. The highest BCUT2D eigenvalue weighted by Crippen LogP contribution is 2.32. The number of hydrogen-bond acceptors (Lipinski definition) is 4. The molecule has 2 heterocycles. The number of aromatic nitrogens is 2. The molecule has 98 valence electrons. The molecule has 0 spiro atoms. The van der Waals surface area contributed by atoms with Gasteiger partial charge in [-0.15, -0.1) is 11.3 Å². The Bertz CT molecular complexity index is 523. The standard InChI is InChI=1S/C12H16IN3OS/c1-4-14-11(8-5-10(13)18-7-8)12-9(17-3)6-15-16(12)2/h5-7,11,14H,4H2,1-3H3. The maximum Gasteiger partial charge on any atom is 0.161 e. The fraction of sp³-hybridized carbons (Fsp3) is 0.417. The number of methoxy groups -OCH3 is 1. The van der Waals surface area contributed by atoms with Gasteiger partial charge in [0.15, 0.2) is 5.75 Å². The third-order valence-corrected chi connectivity index (χ3v) is 4.58. The van der Waals surface area contributed by atoms with Crippen LogP contribution in [-0.2, 0) is 7.05 Å². The van der Waals surface area contributed by atoms with Crippen molar-refractivity contribution >= 4 is 33.9 Å². The van der Waals surface area contributed by atoms with Crippen LogP contribution >= 0.6 is 33.9 Å². The lowest BCUT2D eigenvalue weighted by atomic mass is 10.1. The highest BCUT2D eigenvalue weighted by Gasteiger charge is 2.22. The second-order valence-corrected chi connectivity index (χ2v) is 6.70. The SMILES string of the molecule is CCNC(c1csc(I)c1)c1c(OC)cnn1C. The fourth-order valence-corrected chi connectivity index (χ4v) is 3.36. The molecule has 0 bridgehead atoms. The van der Waals surface area contributed by atoms with Gasteiger partial charge in [0.05, 0.1) is 22.2 Å². The van der Waals surface area contributed by atoms with Crippen LogP contribution in [0.25, 0.3) is 0 Å². The summed E-state index contributed by atoms with van der Waals surface area (Å²) < 4.78 is 8.56. The van der Waals surface area contributed by atoms with Crippen LogP contribution in [0, 0.1) is 2.88 Å². The quantitative estimate of drug-likeness (QED) is 0.815. The highest BCUT2D eigenvalue weighted by atomic mass is 127. The van der Waals surface area contributed by atoms with Crippen molar-refractivity contribution in [2.24, 2.45) is 7.05 Å². The van der Waals surface area contributed by atoms with Gasteiger partial charge in [0, 0.05) is 7.05 Å². The van der Waals surface area contributed by atoms with E-state index in [1.165, 1.54) is 8.45 Å². The first kappa shape index (κ1) is 13.8. The van der Waals surface area contributed by atoms with Crippen LogP contribution < -0.4 is 10.1 Å². The van der Waals surface area contributed by atoms with Gasteiger partial charge in [-0.2, -0.15) is 5.10 Å². The Morgan fingerprint density at radius 3 is 2.94 bits per heavy atom. The zero-order valence-electron chi connectivity index (χ0n) is 10.6. The molecule has 0 aliphatic carbocycles. The van der Waals surface area contributed by atoms with Crippen LogP contribution in [0.5, 0.6) is 5.75 Å². The van der Waals surface area contributed by atoms with Gasteiger partial charge in [0.25, 0.3) is 0 Å². The Labute approximate surface area is 124 Å². The first-order chi connectivity index (χ1) is 8.67. The number of ether oxygens (including phenoxy) is 1. The summed E-state index contributed by atoms with van der Waals surface area (Å²) in [5.41, 5.74) is 2.32. The summed E-state index contributed by atoms with van der Waals surface area (Å²) >= 11 is 4.10. The van der Waals surface area contributed by atoms with Gasteiger partial charge in [-0.05, 0) is 46.1 Å². The lowest BCUT2D eigenvalue weighted by Gasteiger charge is -2.18. The minimum atomic E-state index is 0.122. The van der Waals surface area contributed by atoms with E-state index in [0.29, 0.717) is 0 Å². The zero-order chi connectivity index (χ0) is 13.1. The molecule has 0 fully saturated rings. The van der Waals surface area contributed by atoms with Crippen LogP contribution in [0.4, 0.5) is 0 Å². The number of rotatable bonds is 5. The highest BCUT2D eigenvalue weighted by molar-refractivity contribution is 14.1. The molecule has 2 rings (SSSR count). The molecule has 18 heavy (non-hydrogen) atoms. The van der Waals surface area contributed by atoms with Crippen molar-refractivity contribution in [1.29, 1.82) is 0 Å². The Morgan fingerprint density at radius 2 is 2.39 bits per heavy atom. The van der Waals surface area contributed by atoms with E-state index in [-0.39, 0.29) is 6.04 Å². The fourth-order valence-electron chi connectivity index (χ4n) is 1.96. The van der Waals surface area contributed by atoms with Gasteiger partial charge >= 0.3 is 0 Å². The Kier molecular flexibility index (Phi) is 4.63. The molecule has 1 unspecified atom stereocenters. The van der Waals surface area contributed by atoms with Gasteiger partial charge in [-0.1, -0.05) is 6.92 Å². The predicted octanol–water partition coefficient (Wildman–Crippen LogP) is 2.79. The number of hydrogen-bond donors (Lipinski definition) is 1. The van der Waals surface area contributed by atoms with Crippen molar-refractivity contribution in [2.45, 2.75) is 13.0 Å². The summed E-state index contributed by atoms with van der Waals surface area (Å²) in [5.74, 6) is 0.824. The van der Waals surface area contributed by atoms with E-state index in [4.69, 9.17) is 4.74 Å². The van der Waals surface area contributed by atoms with E-state index in [1.54, 1.807) is 24.6 Å². The van der Waals surface area contributed by atoms with Gasteiger partial charge in [-0.25, -0.2) is 0 Å². The van der Waals surface area contributed by atoms with Crippen LogP contribution in [0.3, 0.4) is 0 Å². The van der Waals surface area contributed by atoms with Gasteiger partial charge in [-0.3, -0.25) is 4.68 Å². The number of thiophene rings is 1. The molecule has 0 aliphatic heterocycles. The average molecular weight is 377 g/mol. The first-order valence-corrected chi connectivity index (χ1v) is 7.66. The van der Waals surface area contributed by atoms with Crippen molar-refractivity contribution in [3.05, 3.63) is 31.8 Å². The first-order valence-electron chi connectivity index (χ1n) is 5.70. The molecule has 0 aromatic carbocycles. The third-order valence-electron chi connectivity index (χ3n) is 2.77. The second kappa shape index (κ2) is 6.03. The van der Waals surface area contributed by atoms with E-state index in [9.17, 15) is 0 Å². The summed E-state index contributed by atoms with van der Waals surface area (Å²) in [6, 6.07) is 2.32. The minimum absolute atomic E-state index is 0.122. The molecule has 0 aliphatic rings. The topological polar surface area (TPSA) is 39.1 Å². The normalized spacial score (nSPS) is 12.7. The van der Waals surface area contributed by atoms with Gasteiger partial charge in [0.1, 0.15) is 5.69 Å². The Balaban J connectivity index is 2.43. The molecule has 2 aromatic heterocycles. The molecule has 4 nitrogen and oxygen atoms in total. The largest absolute Gasteiger partial charge is 0.493 e. The van der Waals surface area contributed by atoms with E-state index in [2.05, 4.69) is 51.4 Å². The van der Waals surface area contributed by atoms with Crippen molar-refractivity contribution in [3.8, 4) is 5.75 Å². The lowest BCUT2D eigenvalue weighted by molar-refractivity contribution is 0.401. The number of nitrogens with zero attached hydrogens (tertiary/aromatic N) is 2. The second-order valence-electron chi connectivity index (χ2n) is 3.90. The van der Waals surface area contributed by atoms with Crippen molar-refractivity contribution in [2.75, 3.05) is 13.7 Å². The molecule has 0 saturated heterocycles. The van der Waals surface area contributed by atoms with E-state index >= 15 is 0 Å². The minimum Gasteiger partial charge on any atom is -0.493 e. The molecule has 2 aromatic rings. The molecule has 0 radical (unpaired) electrons. The molecule has 0 saturated carbocycles. The zero-order valence-corrected chi connectivity index (χ0v) is 13.6. The summed E-state index contributed by atoms with van der Waals surface area (Å²) in [6.45, 7) is 3.00. The lowest BCUT2D eigenvalue weighted by Crippen LogP contribution is -2.24. The number of halogens is 1. The van der Waals surface area contributed by atoms with Crippen LogP contribution in [0.1, 0.15) is 24.2 Å². The maximum absolute atomic E-state index is 5.40. The Morgan fingerprint density at radius 1 is 1.61 bits per heavy atom. The van der Waals surface area contributed by atoms with Crippen molar-refractivity contribution < 1.29 is 4.74 Å². The van der Waals surface area contributed by atoms with E-state index in [1.807, 2.05) is 11.7 Å². The van der Waals surface area contributed by atoms with Crippen molar-refractivity contribution in [3.63, 3.8) is 0 Å². The molecule has 0 amide bonds. The van der Waals surface area contributed by atoms with Gasteiger partial charge in [0.2, 0.25) is 0 Å². The summed E-state index contributed by atoms with van der Waals surface area (Å²) in [5, 5.41) is 9.95. The molecular weight excluding hydrogens is 361 g/mol. The monoisotopic (exact) mass is 377 g/mol.